The molecule has 78 valence electrons. The van der Waals surface area contributed by atoms with Crippen molar-refractivity contribution in [3.8, 4) is 0 Å². The van der Waals surface area contributed by atoms with Crippen molar-refractivity contribution < 1.29 is 5.11 Å². The zero-order chi connectivity index (χ0) is 10.2. The summed E-state index contributed by atoms with van der Waals surface area (Å²) in [6, 6.07) is 10.3. The molecule has 0 fully saturated rings. The van der Waals surface area contributed by atoms with Gasteiger partial charge in [-0.05, 0) is 18.5 Å². The highest BCUT2D eigenvalue weighted by molar-refractivity contribution is 5.14. The predicted molar refractivity (Wildman–Crippen MR) is 58.1 cm³/mol. The van der Waals surface area contributed by atoms with Crippen molar-refractivity contribution in [2.24, 2.45) is 5.73 Å². The lowest BCUT2D eigenvalue weighted by atomic mass is 10.1. The van der Waals surface area contributed by atoms with Gasteiger partial charge in [-0.15, -0.1) is 0 Å². The van der Waals surface area contributed by atoms with Crippen LogP contribution in [-0.2, 0) is 6.42 Å². The molecular formula is C11H18N2O. The Morgan fingerprint density at radius 1 is 1.29 bits per heavy atom. The van der Waals surface area contributed by atoms with Crippen LogP contribution < -0.4 is 11.1 Å². The van der Waals surface area contributed by atoms with Gasteiger partial charge in [0.05, 0.1) is 6.10 Å². The minimum absolute atomic E-state index is 0.318. The van der Waals surface area contributed by atoms with Crippen LogP contribution in [0.4, 0.5) is 0 Å². The van der Waals surface area contributed by atoms with Gasteiger partial charge in [0.2, 0.25) is 0 Å². The molecule has 0 radical (unpaired) electrons. The molecule has 0 amide bonds. The molecule has 0 aromatic heterocycles. The van der Waals surface area contributed by atoms with Crippen molar-refractivity contribution in [3.05, 3.63) is 35.9 Å². The maximum absolute atomic E-state index is 9.17. The van der Waals surface area contributed by atoms with Gasteiger partial charge in [0, 0.05) is 13.1 Å². The number of benzene rings is 1. The smallest absolute Gasteiger partial charge is 0.0786 e. The lowest BCUT2D eigenvalue weighted by Crippen LogP contribution is -2.33. The van der Waals surface area contributed by atoms with Crippen LogP contribution in [0.5, 0.6) is 0 Å². The van der Waals surface area contributed by atoms with E-state index >= 15 is 0 Å². The second-order valence-corrected chi connectivity index (χ2v) is 3.33. The Morgan fingerprint density at radius 2 is 2.00 bits per heavy atom. The summed E-state index contributed by atoms with van der Waals surface area (Å²) < 4.78 is 0. The van der Waals surface area contributed by atoms with Crippen LogP contribution in [0.25, 0.3) is 0 Å². The van der Waals surface area contributed by atoms with Crippen LogP contribution >= 0.6 is 0 Å². The molecule has 1 aromatic rings. The number of rotatable bonds is 6. The summed E-state index contributed by atoms with van der Waals surface area (Å²) in [6.45, 7) is 1.77. The summed E-state index contributed by atoms with van der Waals surface area (Å²) in [4.78, 5) is 0. The van der Waals surface area contributed by atoms with Crippen LogP contribution in [0.1, 0.15) is 5.56 Å². The quantitative estimate of drug-likeness (QED) is 0.564. The first-order chi connectivity index (χ1) is 6.83. The Labute approximate surface area is 84.9 Å². The highest BCUT2D eigenvalue weighted by Gasteiger charge is 1.98. The Morgan fingerprint density at radius 3 is 2.64 bits per heavy atom. The van der Waals surface area contributed by atoms with Crippen LogP contribution in [0, 0.1) is 0 Å². The van der Waals surface area contributed by atoms with Crippen LogP contribution in [0.15, 0.2) is 30.3 Å². The van der Waals surface area contributed by atoms with Gasteiger partial charge in [-0.25, -0.2) is 0 Å². The molecule has 14 heavy (non-hydrogen) atoms. The maximum atomic E-state index is 9.17. The fourth-order valence-electron chi connectivity index (χ4n) is 1.23. The van der Waals surface area contributed by atoms with E-state index in [0.717, 1.165) is 13.0 Å². The Kier molecular flexibility index (Phi) is 5.22. The third kappa shape index (κ3) is 4.37. The molecule has 0 bridgehead atoms. The van der Waals surface area contributed by atoms with E-state index in [1.165, 1.54) is 5.56 Å². The first-order valence-corrected chi connectivity index (χ1v) is 4.95. The highest BCUT2D eigenvalue weighted by atomic mass is 16.3. The standard InChI is InChI=1S/C11H18N2O/c12-8-11(14)9-13-7-6-10-4-2-1-3-5-10/h1-5,11,13-14H,6-9,12H2/t11-/m1/s1. The highest BCUT2D eigenvalue weighted by Crippen LogP contribution is 1.97. The molecule has 1 rings (SSSR count). The number of aliphatic hydroxyl groups excluding tert-OH is 1. The molecule has 0 spiro atoms. The van der Waals surface area contributed by atoms with Crippen molar-refractivity contribution in [3.63, 3.8) is 0 Å². The third-order valence-corrected chi connectivity index (χ3v) is 2.09. The largest absolute Gasteiger partial charge is 0.390 e. The van der Waals surface area contributed by atoms with Gasteiger partial charge in [-0.3, -0.25) is 0 Å². The van der Waals surface area contributed by atoms with Gasteiger partial charge in [0.25, 0.3) is 0 Å². The molecule has 0 aliphatic rings. The summed E-state index contributed by atoms with van der Waals surface area (Å²) in [7, 11) is 0. The summed E-state index contributed by atoms with van der Waals surface area (Å²) in [6.07, 6.45) is 0.559. The average molecular weight is 194 g/mol. The van der Waals surface area contributed by atoms with Crippen molar-refractivity contribution in [2.75, 3.05) is 19.6 Å². The molecule has 0 saturated carbocycles. The Bertz CT molecular complexity index is 238. The summed E-state index contributed by atoms with van der Waals surface area (Å²) in [5.41, 5.74) is 6.58. The van der Waals surface area contributed by atoms with Gasteiger partial charge in [0.1, 0.15) is 0 Å². The van der Waals surface area contributed by atoms with Gasteiger partial charge >= 0.3 is 0 Å². The van der Waals surface area contributed by atoms with Crippen molar-refractivity contribution in [1.82, 2.24) is 5.32 Å². The molecule has 0 heterocycles. The Balaban J connectivity index is 2.10. The van der Waals surface area contributed by atoms with E-state index in [1.54, 1.807) is 0 Å². The maximum Gasteiger partial charge on any atom is 0.0786 e. The molecule has 4 N–H and O–H groups in total. The van der Waals surface area contributed by atoms with Crippen molar-refractivity contribution >= 4 is 0 Å². The van der Waals surface area contributed by atoms with E-state index in [-0.39, 0.29) is 0 Å². The molecule has 0 aliphatic heterocycles. The molecule has 0 aliphatic carbocycles. The van der Waals surface area contributed by atoms with Gasteiger partial charge < -0.3 is 16.2 Å². The molecule has 0 unspecified atom stereocenters. The van der Waals surface area contributed by atoms with Gasteiger partial charge in [-0.2, -0.15) is 0 Å². The molecule has 1 aromatic carbocycles. The summed E-state index contributed by atoms with van der Waals surface area (Å²) in [5, 5.41) is 12.3. The lowest BCUT2D eigenvalue weighted by Gasteiger charge is -2.08. The van der Waals surface area contributed by atoms with Gasteiger partial charge in [-0.1, -0.05) is 30.3 Å². The van der Waals surface area contributed by atoms with Gasteiger partial charge in [0.15, 0.2) is 0 Å². The van der Waals surface area contributed by atoms with Crippen LogP contribution in [0.3, 0.4) is 0 Å². The average Bonchev–Trinajstić information content (AvgIpc) is 2.25. The first-order valence-electron chi connectivity index (χ1n) is 4.95. The number of nitrogens with two attached hydrogens (primary N) is 1. The number of aliphatic hydroxyl groups is 1. The van der Waals surface area contributed by atoms with E-state index in [1.807, 2.05) is 18.2 Å². The topological polar surface area (TPSA) is 58.3 Å². The molecule has 0 saturated heterocycles. The fraction of sp³-hybridized carbons (Fsp3) is 0.455. The predicted octanol–water partition coefficient (Wildman–Crippen LogP) is 0.138. The van der Waals surface area contributed by atoms with E-state index in [4.69, 9.17) is 10.8 Å². The van der Waals surface area contributed by atoms with E-state index in [2.05, 4.69) is 17.4 Å². The minimum atomic E-state index is -0.425. The lowest BCUT2D eigenvalue weighted by molar-refractivity contribution is 0.180. The normalized spacial score (nSPS) is 12.7. The van der Waals surface area contributed by atoms with Crippen molar-refractivity contribution in [2.45, 2.75) is 12.5 Å². The number of hydrogen-bond donors (Lipinski definition) is 3. The van der Waals surface area contributed by atoms with Crippen molar-refractivity contribution in [1.29, 1.82) is 0 Å². The minimum Gasteiger partial charge on any atom is -0.390 e. The SMILES string of the molecule is NC[C@@H](O)CNCCc1ccccc1. The first kappa shape index (κ1) is 11.2. The molecule has 1 atom stereocenters. The molecule has 3 heteroatoms. The summed E-state index contributed by atoms with van der Waals surface area (Å²) >= 11 is 0. The van der Waals surface area contributed by atoms with Crippen LogP contribution in [0.2, 0.25) is 0 Å². The summed E-state index contributed by atoms with van der Waals surface area (Å²) in [5.74, 6) is 0. The zero-order valence-corrected chi connectivity index (χ0v) is 8.32. The second-order valence-electron chi connectivity index (χ2n) is 3.33. The number of nitrogens with one attached hydrogen (secondary N) is 1. The van der Waals surface area contributed by atoms with E-state index < -0.39 is 6.10 Å². The molecule has 3 nitrogen and oxygen atoms in total. The third-order valence-electron chi connectivity index (χ3n) is 2.09. The monoisotopic (exact) mass is 194 g/mol. The zero-order valence-electron chi connectivity index (χ0n) is 8.32. The van der Waals surface area contributed by atoms with Crippen LogP contribution in [-0.4, -0.2) is 30.8 Å². The van der Waals surface area contributed by atoms with E-state index in [9.17, 15) is 0 Å². The number of hydrogen-bond acceptors (Lipinski definition) is 3. The fourth-order valence-corrected chi connectivity index (χ4v) is 1.23. The Hall–Kier alpha value is -0.900. The molecular weight excluding hydrogens is 176 g/mol. The second kappa shape index (κ2) is 6.54. The van der Waals surface area contributed by atoms with E-state index in [0.29, 0.717) is 13.1 Å².